The lowest BCUT2D eigenvalue weighted by Crippen LogP contribution is -2.31. The molecule has 1 aliphatic rings. The highest BCUT2D eigenvalue weighted by molar-refractivity contribution is 5.79. The van der Waals surface area contributed by atoms with E-state index >= 15 is 0 Å². The van der Waals surface area contributed by atoms with Crippen LogP contribution in [0.4, 0.5) is 4.79 Å². The Morgan fingerprint density at radius 1 is 1.06 bits per heavy atom. The Balaban J connectivity index is 1.29. The molecule has 162 valence electrons. The molecule has 0 fully saturated rings. The number of nitrogens with zero attached hydrogens (tertiary/aromatic N) is 2. The molecule has 0 radical (unpaired) electrons. The minimum Gasteiger partial charge on any atom is -0.449 e. The number of hydrogen-bond acceptors (Lipinski definition) is 6. The third-order valence-electron chi connectivity index (χ3n) is 5.66. The van der Waals surface area contributed by atoms with Crippen molar-refractivity contribution in [2.75, 3.05) is 13.2 Å². The molecule has 2 unspecified atom stereocenters. The number of nitrogens with one attached hydrogen (secondary N) is 1. The largest absolute Gasteiger partial charge is 0.449 e. The Hall–Kier alpha value is -3.73. The molecule has 0 saturated heterocycles. The molecule has 1 amide bonds. The maximum absolute atomic E-state index is 12.2. The third kappa shape index (κ3) is 4.33. The van der Waals surface area contributed by atoms with E-state index in [2.05, 4.69) is 22.4 Å². The fraction of sp³-hybridized carbons (Fsp3) is 0.240. The first-order chi connectivity index (χ1) is 15.6. The topological polar surface area (TPSA) is 115 Å². The average molecular weight is 429 g/mol. The van der Waals surface area contributed by atoms with E-state index in [4.69, 9.17) is 10.00 Å². The first-order valence-electron chi connectivity index (χ1n) is 10.4. The zero-order valence-electron chi connectivity index (χ0n) is 17.3. The first-order valence-corrected chi connectivity index (χ1v) is 10.4. The molecule has 0 aliphatic heterocycles. The van der Waals surface area contributed by atoms with Gasteiger partial charge in [-0.3, -0.25) is 4.98 Å². The van der Waals surface area contributed by atoms with Gasteiger partial charge in [-0.2, -0.15) is 5.26 Å². The van der Waals surface area contributed by atoms with Crippen LogP contribution in [0.3, 0.4) is 0 Å². The predicted octanol–water partition coefficient (Wildman–Crippen LogP) is 3.28. The van der Waals surface area contributed by atoms with Gasteiger partial charge in [0, 0.05) is 18.7 Å². The van der Waals surface area contributed by atoms with Crippen LogP contribution in [0.2, 0.25) is 0 Å². The number of rotatable bonds is 7. The van der Waals surface area contributed by atoms with E-state index in [0.717, 1.165) is 22.3 Å². The van der Waals surface area contributed by atoms with Gasteiger partial charge in [-0.25, -0.2) is 4.79 Å². The normalized spacial score (nSPS) is 14.0. The highest BCUT2D eigenvalue weighted by Crippen LogP contribution is 2.44. The van der Waals surface area contributed by atoms with Gasteiger partial charge in [0.1, 0.15) is 18.8 Å². The number of carbonyl (C=O) groups is 1. The van der Waals surface area contributed by atoms with Crippen molar-refractivity contribution < 1.29 is 19.7 Å². The number of amides is 1. The molecule has 1 aromatic heterocycles. The van der Waals surface area contributed by atoms with Crippen LogP contribution < -0.4 is 5.32 Å². The fourth-order valence-electron chi connectivity index (χ4n) is 4.06. The summed E-state index contributed by atoms with van der Waals surface area (Å²) in [5, 5.41) is 32.2. The molecule has 3 aromatic rings. The van der Waals surface area contributed by atoms with Gasteiger partial charge in [0.15, 0.2) is 0 Å². The number of aromatic nitrogens is 1. The van der Waals surface area contributed by atoms with Gasteiger partial charge in [0.05, 0.1) is 17.4 Å². The number of pyridine rings is 1. The second-order valence-corrected chi connectivity index (χ2v) is 7.60. The predicted molar refractivity (Wildman–Crippen MR) is 118 cm³/mol. The number of aliphatic hydroxyl groups is 2. The van der Waals surface area contributed by atoms with Gasteiger partial charge in [-0.1, -0.05) is 48.5 Å². The van der Waals surface area contributed by atoms with Gasteiger partial charge < -0.3 is 20.3 Å². The van der Waals surface area contributed by atoms with E-state index in [-0.39, 0.29) is 36.7 Å². The quantitative estimate of drug-likeness (QED) is 0.531. The standard InChI is InChI=1S/C25H23N3O4/c26-14-16-6-5-12-27-23(16)24(30)22(29)11-13-28-25(31)32-15-21-19-9-3-1-7-17(19)18-8-2-4-10-20(18)21/h1-10,12,21-22,24,29-30H,11,13,15H2,(H,28,31). The minimum absolute atomic E-state index is 0.0332. The SMILES string of the molecule is N#Cc1cccnc1C(O)C(O)CCNC(=O)OCC1c2ccccc2-c2ccccc21. The summed E-state index contributed by atoms with van der Waals surface area (Å²) in [4.78, 5) is 16.2. The van der Waals surface area contributed by atoms with E-state index in [1.54, 1.807) is 6.07 Å². The van der Waals surface area contributed by atoms with Crippen LogP contribution >= 0.6 is 0 Å². The smallest absolute Gasteiger partial charge is 0.407 e. The highest BCUT2D eigenvalue weighted by Gasteiger charge is 2.29. The van der Waals surface area contributed by atoms with Gasteiger partial charge in [0.25, 0.3) is 0 Å². The lowest BCUT2D eigenvalue weighted by Gasteiger charge is -2.18. The summed E-state index contributed by atoms with van der Waals surface area (Å²) >= 11 is 0. The number of ether oxygens (including phenoxy) is 1. The van der Waals surface area contributed by atoms with Crippen molar-refractivity contribution in [2.24, 2.45) is 0 Å². The molecule has 1 heterocycles. The molecule has 7 heteroatoms. The van der Waals surface area contributed by atoms with Crippen LogP contribution in [0.15, 0.2) is 66.9 Å². The molecular formula is C25H23N3O4. The fourth-order valence-corrected chi connectivity index (χ4v) is 4.06. The number of fused-ring (bicyclic) bond motifs is 3. The van der Waals surface area contributed by atoms with Gasteiger partial charge in [-0.15, -0.1) is 0 Å². The number of aliphatic hydroxyl groups excluding tert-OH is 2. The van der Waals surface area contributed by atoms with E-state index in [1.165, 1.54) is 12.3 Å². The molecule has 0 bridgehead atoms. The van der Waals surface area contributed by atoms with E-state index in [0.29, 0.717) is 0 Å². The zero-order valence-corrected chi connectivity index (χ0v) is 17.3. The Morgan fingerprint density at radius 3 is 2.38 bits per heavy atom. The first kappa shape index (κ1) is 21.5. The number of nitriles is 1. The van der Waals surface area contributed by atoms with Crippen molar-refractivity contribution >= 4 is 6.09 Å². The van der Waals surface area contributed by atoms with Crippen molar-refractivity contribution in [3.8, 4) is 17.2 Å². The van der Waals surface area contributed by atoms with E-state index < -0.39 is 18.3 Å². The molecular weight excluding hydrogens is 406 g/mol. The third-order valence-corrected chi connectivity index (χ3v) is 5.66. The van der Waals surface area contributed by atoms with Gasteiger partial charge in [0.2, 0.25) is 0 Å². The van der Waals surface area contributed by atoms with Gasteiger partial charge in [-0.05, 0) is 40.8 Å². The Labute approximate surface area is 185 Å². The number of alkyl carbamates (subject to hydrolysis) is 1. The maximum Gasteiger partial charge on any atom is 0.407 e. The summed E-state index contributed by atoms with van der Waals surface area (Å²) < 4.78 is 5.45. The van der Waals surface area contributed by atoms with Crippen molar-refractivity contribution in [3.05, 3.63) is 89.2 Å². The maximum atomic E-state index is 12.2. The molecule has 2 aromatic carbocycles. The monoisotopic (exact) mass is 429 g/mol. The number of hydrogen-bond donors (Lipinski definition) is 3. The molecule has 4 rings (SSSR count). The van der Waals surface area contributed by atoms with Crippen LogP contribution in [0.5, 0.6) is 0 Å². The Kier molecular flexibility index (Phi) is 6.45. The van der Waals surface area contributed by atoms with E-state index in [1.807, 2.05) is 42.5 Å². The number of carbonyl (C=O) groups excluding carboxylic acids is 1. The average Bonchev–Trinajstić information content (AvgIpc) is 3.16. The van der Waals surface area contributed by atoms with Crippen molar-refractivity contribution in [1.82, 2.24) is 10.3 Å². The molecule has 0 saturated carbocycles. The number of benzene rings is 2. The van der Waals surface area contributed by atoms with Crippen LogP contribution in [0, 0.1) is 11.3 Å². The van der Waals surface area contributed by atoms with E-state index in [9.17, 15) is 15.0 Å². The summed E-state index contributed by atoms with van der Waals surface area (Å²) in [6.45, 7) is 0.300. The van der Waals surface area contributed by atoms with Crippen LogP contribution in [0.1, 0.15) is 40.8 Å². The Bertz CT molecular complexity index is 1110. The lowest BCUT2D eigenvalue weighted by molar-refractivity contribution is 0.0110. The second-order valence-electron chi connectivity index (χ2n) is 7.60. The molecule has 32 heavy (non-hydrogen) atoms. The highest BCUT2D eigenvalue weighted by atomic mass is 16.5. The van der Waals surface area contributed by atoms with Crippen molar-refractivity contribution in [2.45, 2.75) is 24.5 Å². The summed E-state index contributed by atoms with van der Waals surface area (Å²) in [6, 6.07) is 21.2. The molecule has 3 N–H and O–H groups in total. The summed E-state index contributed by atoms with van der Waals surface area (Å²) in [5.74, 6) is -0.0332. The van der Waals surface area contributed by atoms with Crippen molar-refractivity contribution in [1.29, 1.82) is 5.26 Å². The zero-order chi connectivity index (χ0) is 22.5. The van der Waals surface area contributed by atoms with Crippen LogP contribution in [-0.2, 0) is 4.74 Å². The lowest BCUT2D eigenvalue weighted by atomic mass is 9.98. The molecule has 7 nitrogen and oxygen atoms in total. The van der Waals surface area contributed by atoms with Crippen molar-refractivity contribution in [3.63, 3.8) is 0 Å². The Morgan fingerprint density at radius 2 is 1.72 bits per heavy atom. The van der Waals surface area contributed by atoms with Crippen LogP contribution in [0.25, 0.3) is 11.1 Å². The summed E-state index contributed by atoms with van der Waals surface area (Å²) in [5.41, 5.74) is 4.88. The van der Waals surface area contributed by atoms with Gasteiger partial charge >= 0.3 is 6.09 Å². The summed E-state index contributed by atoms with van der Waals surface area (Å²) in [6.07, 6.45) is -1.58. The molecule has 1 aliphatic carbocycles. The second kappa shape index (κ2) is 9.60. The molecule has 2 atom stereocenters. The summed E-state index contributed by atoms with van der Waals surface area (Å²) in [7, 11) is 0. The minimum atomic E-state index is -1.32. The molecule has 0 spiro atoms. The van der Waals surface area contributed by atoms with Crippen LogP contribution in [-0.4, -0.2) is 40.5 Å².